The summed E-state index contributed by atoms with van der Waals surface area (Å²) in [6.07, 6.45) is 4.71. The Morgan fingerprint density at radius 1 is 1.28 bits per heavy atom. The lowest BCUT2D eigenvalue weighted by atomic mass is 10.1. The van der Waals surface area contributed by atoms with Crippen molar-refractivity contribution in [2.75, 3.05) is 26.2 Å². The van der Waals surface area contributed by atoms with Crippen molar-refractivity contribution in [1.29, 1.82) is 0 Å². The summed E-state index contributed by atoms with van der Waals surface area (Å²) in [4.78, 5) is 14.9. The fraction of sp³-hybridized carbons (Fsp3) is 0.706. The molecule has 1 atom stereocenters. The monoisotopic (exact) mass is 387 g/mol. The van der Waals surface area contributed by atoms with Crippen molar-refractivity contribution in [3.05, 3.63) is 17.5 Å². The van der Waals surface area contributed by atoms with Gasteiger partial charge in [0, 0.05) is 6.54 Å². The molecule has 0 aliphatic carbocycles. The van der Waals surface area contributed by atoms with Gasteiger partial charge in [0.15, 0.2) is 0 Å². The number of thiophene rings is 1. The van der Waals surface area contributed by atoms with Gasteiger partial charge in [-0.05, 0) is 56.3 Å². The van der Waals surface area contributed by atoms with Gasteiger partial charge in [-0.2, -0.15) is 4.72 Å². The smallest absolute Gasteiger partial charge is 0.250 e. The van der Waals surface area contributed by atoms with Crippen molar-refractivity contribution in [3.63, 3.8) is 0 Å². The number of amides is 1. The van der Waals surface area contributed by atoms with E-state index in [1.807, 2.05) is 13.8 Å². The van der Waals surface area contributed by atoms with Crippen molar-refractivity contribution in [1.82, 2.24) is 14.9 Å². The molecule has 0 aromatic carbocycles. The molecule has 1 aromatic rings. The summed E-state index contributed by atoms with van der Waals surface area (Å²) in [5.41, 5.74) is 0. The molecule has 1 aliphatic heterocycles. The highest BCUT2D eigenvalue weighted by atomic mass is 32.2. The molecule has 2 rings (SSSR count). The number of hydrogen-bond donors (Lipinski definition) is 2. The lowest BCUT2D eigenvalue weighted by molar-refractivity contribution is -0.123. The van der Waals surface area contributed by atoms with Crippen LogP contribution in [0.15, 0.2) is 21.7 Å². The van der Waals surface area contributed by atoms with E-state index in [4.69, 9.17) is 0 Å². The third-order valence-electron chi connectivity index (χ3n) is 4.39. The standard InChI is InChI=1S/C17H29N3O3S2/c1-14(2)16(19-25(22,23)15-8-6-13-24-15)17(21)18-9-7-12-20-10-4-3-5-11-20/h6,8,13-14,16,19H,3-5,7,9-12H2,1-2H3,(H,18,21). The van der Waals surface area contributed by atoms with E-state index in [9.17, 15) is 13.2 Å². The number of hydrogen-bond acceptors (Lipinski definition) is 5. The van der Waals surface area contributed by atoms with Gasteiger partial charge in [-0.15, -0.1) is 11.3 Å². The van der Waals surface area contributed by atoms with E-state index in [1.165, 1.54) is 19.3 Å². The molecule has 1 aromatic heterocycles. The highest BCUT2D eigenvalue weighted by molar-refractivity contribution is 7.91. The molecule has 1 unspecified atom stereocenters. The number of piperidine rings is 1. The summed E-state index contributed by atoms with van der Waals surface area (Å²) in [5.74, 6) is -0.384. The van der Waals surface area contributed by atoms with E-state index in [2.05, 4.69) is 14.9 Å². The van der Waals surface area contributed by atoms with Crippen LogP contribution >= 0.6 is 11.3 Å². The zero-order valence-corrected chi connectivity index (χ0v) is 16.7. The second-order valence-corrected chi connectivity index (χ2v) is 9.71. The molecule has 0 bridgehead atoms. The number of nitrogens with zero attached hydrogens (tertiary/aromatic N) is 1. The van der Waals surface area contributed by atoms with Gasteiger partial charge in [-0.1, -0.05) is 26.3 Å². The molecule has 1 amide bonds. The third-order valence-corrected chi connectivity index (χ3v) is 7.23. The average molecular weight is 388 g/mol. The van der Waals surface area contributed by atoms with Gasteiger partial charge in [0.1, 0.15) is 10.3 Å². The number of likely N-dealkylation sites (tertiary alicyclic amines) is 1. The normalized spacial score (nSPS) is 17.6. The number of rotatable bonds is 9. The predicted molar refractivity (Wildman–Crippen MR) is 101 cm³/mol. The summed E-state index contributed by atoms with van der Waals surface area (Å²) in [6.45, 7) is 7.52. The Balaban J connectivity index is 1.81. The SMILES string of the molecule is CC(C)C(NS(=O)(=O)c1cccs1)C(=O)NCCCN1CCCCC1. The van der Waals surface area contributed by atoms with Crippen molar-refractivity contribution in [2.24, 2.45) is 5.92 Å². The maximum absolute atomic E-state index is 12.4. The van der Waals surface area contributed by atoms with Crippen LogP contribution in [0.25, 0.3) is 0 Å². The first-order valence-electron chi connectivity index (χ1n) is 8.96. The van der Waals surface area contributed by atoms with Gasteiger partial charge >= 0.3 is 0 Å². The van der Waals surface area contributed by atoms with Gasteiger partial charge < -0.3 is 10.2 Å². The molecular weight excluding hydrogens is 358 g/mol. The number of nitrogens with one attached hydrogen (secondary N) is 2. The minimum atomic E-state index is -3.65. The predicted octanol–water partition coefficient (Wildman–Crippen LogP) is 2.04. The van der Waals surface area contributed by atoms with Gasteiger partial charge in [0.2, 0.25) is 5.91 Å². The van der Waals surface area contributed by atoms with Crippen molar-refractivity contribution >= 4 is 27.3 Å². The fourth-order valence-corrected chi connectivity index (χ4v) is 5.29. The molecule has 0 radical (unpaired) electrons. The Hall–Kier alpha value is -0.960. The van der Waals surface area contributed by atoms with Gasteiger partial charge in [-0.25, -0.2) is 8.42 Å². The van der Waals surface area contributed by atoms with E-state index in [-0.39, 0.29) is 16.0 Å². The van der Waals surface area contributed by atoms with Crippen LogP contribution in [0.1, 0.15) is 39.5 Å². The molecule has 2 N–H and O–H groups in total. The zero-order chi connectivity index (χ0) is 18.3. The van der Waals surface area contributed by atoms with Crippen LogP contribution in [-0.2, 0) is 14.8 Å². The van der Waals surface area contributed by atoms with E-state index >= 15 is 0 Å². The quantitative estimate of drug-likeness (QED) is 0.636. The zero-order valence-electron chi connectivity index (χ0n) is 15.0. The van der Waals surface area contributed by atoms with Crippen LogP contribution in [0, 0.1) is 5.92 Å². The molecule has 8 heteroatoms. The highest BCUT2D eigenvalue weighted by Crippen LogP contribution is 2.17. The minimum absolute atomic E-state index is 0.128. The molecule has 2 heterocycles. The van der Waals surface area contributed by atoms with Crippen LogP contribution in [0.3, 0.4) is 0 Å². The molecule has 1 saturated heterocycles. The first kappa shape index (κ1) is 20.4. The van der Waals surface area contributed by atoms with Gasteiger partial charge in [0.05, 0.1) is 0 Å². The largest absolute Gasteiger partial charge is 0.355 e. The second kappa shape index (κ2) is 9.66. The molecule has 1 aliphatic rings. The second-order valence-electron chi connectivity index (χ2n) is 6.82. The Morgan fingerprint density at radius 2 is 2.00 bits per heavy atom. The van der Waals surface area contributed by atoms with Crippen LogP contribution < -0.4 is 10.0 Å². The van der Waals surface area contributed by atoms with E-state index in [0.29, 0.717) is 6.54 Å². The molecule has 0 spiro atoms. The summed E-state index contributed by atoms with van der Waals surface area (Å²) in [7, 11) is -3.65. The number of sulfonamides is 1. The van der Waals surface area contributed by atoms with Crippen molar-refractivity contribution in [3.8, 4) is 0 Å². The van der Waals surface area contributed by atoms with E-state index < -0.39 is 16.1 Å². The lowest BCUT2D eigenvalue weighted by Crippen LogP contribution is -2.49. The number of carbonyl (C=O) groups excluding carboxylic acids is 1. The summed E-state index contributed by atoms with van der Waals surface area (Å²) in [6, 6.07) is 2.47. The Morgan fingerprint density at radius 3 is 2.60 bits per heavy atom. The Bertz CT molecular complexity index is 624. The minimum Gasteiger partial charge on any atom is -0.355 e. The topological polar surface area (TPSA) is 78.5 Å². The van der Waals surface area contributed by atoms with E-state index in [0.717, 1.165) is 37.4 Å². The molecule has 25 heavy (non-hydrogen) atoms. The summed E-state index contributed by atoms with van der Waals surface area (Å²) in [5, 5.41) is 4.59. The van der Waals surface area contributed by atoms with Crippen LogP contribution in [0.5, 0.6) is 0 Å². The van der Waals surface area contributed by atoms with Crippen LogP contribution in [0.2, 0.25) is 0 Å². The van der Waals surface area contributed by atoms with Crippen LogP contribution in [0.4, 0.5) is 0 Å². The molecule has 0 saturated carbocycles. The molecular formula is C17H29N3O3S2. The molecule has 6 nitrogen and oxygen atoms in total. The average Bonchev–Trinajstić information content (AvgIpc) is 3.13. The van der Waals surface area contributed by atoms with E-state index in [1.54, 1.807) is 17.5 Å². The highest BCUT2D eigenvalue weighted by Gasteiger charge is 2.28. The van der Waals surface area contributed by atoms with Gasteiger partial charge in [0.25, 0.3) is 10.0 Å². The Kier molecular flexibility index (Phi) is 7.86. The molecule has 142 valence electrons. The third kappa shape index (κ3) is 6.36. The van der Waals surface area contributed by atoms with Gasteiger partial charge in [-0.3, -0.25) is 4.79 Å². The first-order chi connectivity index (χ1) is 11.9. The van der Waals surface area contributed by atoms with Crippen LogP contribution in [-0.4, -0.2) is 51.4 Å². The summed E-state index contributed by atoms with van der Waals surface area (Å²) >= 11 is 1.14. The number of carbonyl (C=O) groups is 1. The van der Waals surface area contributed by atoms with Crippen molar-refractivity contribution in [2.45, 2.75) is 49.8 Å². The fourth-order valence-electron chi connectivity index (χ4n) is 2.94. The summed E-state index contributed by atoms with van der Waals surface area (Å²) < 4.78 is 27.5. The maximum atomic E-state index is 12.4. The molecule has 1 fully saturated rings. The Labute approximate surface area is 155 Å². The van der Waals surface area contributed by atoms with Crippen molar-refractivity contribution < 1.29 is 13.2 Å². The first-order valence-corrected chi connectivity index (χ1v) is 11.3. The maximum Gasteiger partial charge on any atom is 0.250 e. The lowest BCUT2D eigenvalue weighted by Gasteiger charge is -2.26.